The van der Waals surface area contributed by atoms with Gasteiger partial charge in [0, 0.05) is 30.0 Å². The van der Waals surface area contributed by atoms with Gasteiger partial charge in [0.05, 0.1) is 13.0 Å². The summed E-state index contributed by atoms with van der Waals surface area (Å²) < 4.78 is 5.13. The summed E-state index contributed by atoms with van der Waals surface area (Å²) in [7, 11) is 1.59. The van der Waals surface area contributed by atoms with Crippen LogP contribution in [0.15, 0.2) is 18.3 Å². The molecule has 1 N–H and O–H groups in total. The number of hydrogen-bond acceptors (Lipinski definition) is 4. The van der Waals surface area contributed by atoms with Crippen molar-refractivity contribution < 1.29 is 14.6 Å². The zero-order chi connectivity index (χ0) is 12.7. The Hall–Kier alpha value is -1.78. The molecule has 5 nitrogen and oxygen atoms in total. The highest BCUT2D eigenvalue weighted by Gasteiger charge is 2.49. The molecule has 2 fully saturated rings. The average Bonchev–Trinajstić information content (AvgIpc) is 2.96. The number of aromatic nitrogens is 1. The number of fused-ring (bicyclic) bond motifs is 2. The number of aliphatic carboxylic acids is 1. The van der Waals surface area contributed by atoms with Gasteiger partial charge in [-0.3, -0.25) is 4.79 Å². The Morgan fingerprint density at radius 1 is 1.56 bits per heavy atom. The van der Waals surface area contributed by atoms with Gasteiger partial charge in [-0.1, -0.05) is 0 Å². The molecule has 3 atom stereocenters. The molecule has 3 heterocycles. The minimum atomic E-state index is -0.673. The molecule has 1 aromatic rings. The SMILES string of the molecule is COc1cc(N2C3CCC2C(C(=O)O)C3)ccn1. The van der Waals surface area contributed by atoms with Crippen molar-refractivity contribution in [3.05, 3.63) is 18.3 Å². The van der Waals surface area contributed by atoms with E-state index in [-0.39, 0.29) is 12.0 Å². The Morgan fingerprint density at radius 2 is 2.39 bits per heavy atom. The molecule has 3 unspecified atom stereocenters. The number of carboxylic acid groups (broad SMARTS) is 1. The lowest BCUT2D eigenvalue weighted by Gasteiger charge is -2.25. The lowest BCUT2D eigenvalue weighted by molar-refractivity contribution is -0.142. The van der Waals surface area contributed by atoms with Crippen LogP contribution in [0.4, 0.5) is 5.69 Å². The van der Waals surface area contributed by atoms with E-state index in [0.717, 1.165) is 24.9 Å². The average molecular weight is 248 g/mol. The fraction of sp³-hybridized carbons (Fsp3) is 0.538. The molecule has 2 aliphatic heterocycles. The summed E-state index contributed by atoms with van der Waals surface area (Å²) in [5, 5.41) is 9.24. The van der Waals surface area contributed by atoms with Crippen molar-refractivity contribution in [1.29, 1.82) is 0 Å². The van der Waals surface area contributed by atoms with Gasteiger partial charge in [-0.25, -0.2) is 4.98 Å². The maximum atomic E-state index is 11.2. The number of hydrogen-bond donors (Lipinski definition) is 1. The van der Waals surface area contributed by atoms with Crippen molar-refractivity contribution in [2.75, 3.05) is 12.0 Å². The van der Waals surface area contributed by atoms with Crippen molar-refractivity contribution >= 4 is 11.7 Å². The summed E-state index contributed by atoms with van der Waals surface area (Å²) in [5.41, 5.74) is 1.03. The summed E-state index contributed by atoms with van der Waals surface area (Å²) in [4.78, 5) is 17.6. The number of pyridine rings is 1. The minimum Gasteiger partial charge on any atom is -0.481 e. The van der Waals surface area contributed by atoms with Crippen LogP contribution in [0.5, 0.6) is 5.88 Å². The molecule has 0 radical (unpaired) electrons. The second-order valence-electron chi connectivity index (χ2n) is 4.94. The summed E-state index contributed by atoms with van der Waals surface area (Å²) >= 11 is 0. The predicted octanol–water partition coefficient (Wildman–Crippen LogP) is 1.53. The first-order valence-electron chi connectivity index (χ1n) is 6.22. The molecule has 5 heteroatoms. The van der Waals surface area contributed by atoms with E-state index >= 15 is 0 Å². The molecule has 0 spiro atoms. The van der Waals surface area contributed by atoms with Crippen molar-refractivity contribution in [3.63, 3.8) is 0 Å². The van der Waals surface area contributed by atoms with Crippen LogP contribution < -0.4 is 9.64 Å². The number of nitrogens with zero attached hydrogens (tertiary/aromatic N) is 2. The van der Waals surface area contributed by atoms with Gasteiger partial charge in [-0.15, -0.1) is 0 Å². The maximum Gasteiger partial charge on any atom is 0.308 e. The highest BCUT2D eigenvalue weighted by atomic mass is 16.5. The van der Waals surface area contributed by atoms with E-state index in [1.807, 2.05) is 12.1 Å². The van der Waals surface area contributed by atoms with Gasteiger partial charge < -0.3 is 14.7 Å². The smallest absolute Gasteiger partial charge is 0.308 e. The van der Waals surface area contributed by atoms with Gasteiger partial charge in [-0.2, -0.15) is 0 Å². The van der Waals surface area contributed by atoms with Crippen molar-refractivity contribution in [2.45, 2.75) is 31.3 Å². The monoisotopic (exact) mass is 248 g/mol. The molecule has 3 rings (SSSR count). The first kappa shape index (κ1) is 11.3. The van der Waals surface area contributed by atoms with Gasteiger partial charge >= 0.3 is 5.97 Å². The number of ether oxygens (including phenoxy) is 1. The third kappa shape index (κ3) is 1.62. The third-order valence-corrected chi connectivity index (χ3v) is 4.08. The highest BCUT2D eigenvalue weighted by molar-refractivity contribution is 5.74. The zero-order valence-corrected chi connectivity index (χ0v) is 10.2. The Kier molecular flexibility index (Phi) is 2.61. The Morgan fingerprint density at radius 3 is 3.06 bits per heavy atom. The first-order valence-corrected chi connectivity index (χ1v) is 6.22. The molecule has 0 amide bonds. The fourth-order valence-corrected chi connectivity index (χ4v) is 3.33. The van der Waals surface area contributed by atoms with E-state index < -0.39 is 5.97 Å². The quantitative estimate of drug-likeness (QED) is 0.879. The molecule has 1 aromatic heterocycles. The van der Waals surface area contributed by atoms with Crippen LogP contribution in [0.2, 0.25) is 0 Å². The Bertz CT molecular complexity index is 477. The zero-order valence-electron chi connectivity index (χ0n) is 10.2. The normalized spacial score (nSPS) is 29.6. The van der Waals surface area contributed by atoms with Gasteiger partial charge in [0.1, 0.15) is 0 Å². The predicted molar refractivity (Wildman–Crippen MR) is 65.8 cm³/mol. The minimum absolute atomic E-state index is 0.125. The molecule has 2 aliphatic rings. The lowest BCUT2D eigenvalue weighted by Crippen LogP contribution is -2.32. The molecule has 2 saturated heterocycles. The molecular weight excluding hydrogens is 232 g/mol. The van der Waals surface area contributed by atoms with E-state index in [1.54, 1.807) is 13.3 Å². The molecular formula is C13H16N2O3. The number of carboxylic acids is 1. The maximum absolute atomic E-state index is 11.2. The standard InChI is InChI=1S/C13H16N2O3/c1-18-12-7-9(4-5-14-12)15-8-2-3-11(15)10(6-8)13(16)17/h4-5,7-8,10-11H,2-3,6H2,1H3,(H,16,17). The van der Waals surface area contributed by atoms with E-state index in [4.69, 9.17) is 4.74 Å². The van der Waals surface area contributed by atoms with Crippen molar-refractivity contribution in [2.24, 2.45) is 5.92 Å². The molecule has 0 saturated carbocycles. The first-order chi connectivity index (χ1) is 8.70. The molecule has 18 heavy (non-hydrogen) atoms. The summed E-state index contributed by atoms with van der Waals surface area (Å²) in [5.74, 6) is -0.332. The van der Waals surface area contributed by atoms with Crippen LogP contribution in [0, 0.1) is 5.92 Å². The summed E-state index contributed by atoms with van der Waals surface area (Å²) in [6.07, 6.45) is 4.51. The van der Waals surface area contributed by atoms with E-state index in [1.165, 1.54) is 0 Å². The highest BCUT2D eigenvalue weighted by Crippen LogP contribution is 2.44. The van der Waals surface area contributed by atoms with E-state index in [9.17, 15) is 9.90 Å². The van der Waals surface area contributed by atoms with Crippen LogP contribution in [0.1, 0.15) is 19.3 Å². The number of rotatable bonds is 3. The summed E-state index contributed by atoms with van der Waals surface area (Å²) in [6.45, 7) is 0. The number of anilines is 1. The topological polar surface area (TPSA) is 62.7 Å². The lowest BCUT2D eigenvalue weighted by atomic mass is 9.89. The van der Waals surface area contributed by atoms with Gasteiger partial charge in [0.2, 0.25) is 5.88 Å². The second-order valence-corrected chi connectivity index (χ2v) is 4.94. The van der Waals surface area contributed by atoms with Crippen LogP contribution in [-0.2, 0) is 4.79 Å². The van der Waals surface area contributed by atoms with Crippen LogP contribution in [0.3, 0.4) is 0 Å². The van der Waals surface area contributed by atoms with Gasteiger partial charge in [0.15, 0.2) is 0 Å². The van der Waals surface area contributed by atoms with E-state index in [0.29, 0.717) is 11.9 Å². The Balaban J connectivity index is 1.91. The molecule has 0 aromatic carbocycles. The largest absolute Gasteiger partial charge is 0.481 e. The van der Waals surface area contributed by atoms with Gasteiger partial charge in [-0.05, 0) is 25.3 Å². The van der Waals surface area contributed by atoms with Crippen molar-refractivity contribution in [1.82, 2.24) is 4.98 Å². The number of methoxy groups -OCH3 is 1. The third-order valence-electron chi connectivity index (χ3n) is 4.08. The summed E-state index contributed by atoms with van der Waals surface area (Å²) in [6, 6.07) is 4.29. The Labute approximate surface area is 105 Å². The van der Waals surface area contributed by atoms with Gasteiger partial charge in [0.25, 0.3) is 0 Å². The van der Waals surface area contributed by atoms with Crippen LogP contribution >= 0.6 is 0 Å². The molecule has 0 aliphatic carbocycles. The fourth-order valence-electron chi connectivity index (χ4n) is 3.33. The number of carbonyl (C=O) groups is 1. The van der Waals surface area contributed by atoms with Crippen LogP contribution in [0.25, 0.3) is 0 Å². The second kappa shape index (κ2) is 4.15. The van der Waals surface area contributed by atoms with Crippen molar-refractivity contribution in [3.8, 4) is 5.88 Å². The van der Waals surface area contributed by atoms with E-state index in [2.05, 4.69) is 9.88 Å². The molecule has 2 bridgehead atoms. The molecule has 96 valence electrons. The van der Waals surface area contributed by atoms with Crippen LogP contribution in [-0.4, -0.2) is 35.3 Å².